The molecule has 1 aromatic rings. The Kier molecular flexibility index (Phi) is 2.49. The highest BCUT2D eigenvalue weighted by Crippen LogP contribution is 2.26. The molecule has 0 saturated carbocycles. The van der Waals surface area contributed by atoms with E-state index in [0.717, 1.165) is 10.0 Å². The molecule has 0 bridgehead atoms. The molecule has 0 aromatic heterocycles. The second-order valence-electron chi connectivity index (χ2n) is 2.21. The van der Waals surface area contributed by atoms with Crippen LogP contribution in [0.5, 0.6) is 5.75 Å². The summed E-state index contributed by atoms with van der Waals surface area (Å²) in [7, 11) is 1.52. The molecule has 0 spiro atoms. The first-order valence-electron chi connectivity index (χ1n) is 3.15. The highest BCUT2D eigenvalue weighted by atomic mass is 79.9. The van der Waals surface area contributed by atoms with Crippen molar-refractivity contribution in [2.24, 2.45) is 0 Å². The molecule has 0 radical (unpaired) electrons. The van der Waals surface area contributed by atoms with Gasteiger partial charge in [-0.15, -0.1) is 0 Å². The second-order valence-corrected chi connectivity index (χ2v) is 3.07. The van der Waals surface area contributed by atoms with Crippen LogP contribution in [0.3, 0.4) is 0 Å². The van der Waals surface area contributed by atoms with Crippen molar-refractivity contribution < 1.29 is 9.13 Å². The Bertz CT molecular complexity index is 273. The van der Waals surface area contributed by atoms with E-state index in [1.165, 1.54) is 19.2 Å². The molecule has 60 valence electrons. The van der Waals surface area contributed by atoms with Crippen LogP contribution in [-0.4, -0.2) is 7.11 Å². The Hall–Kier alpha value is -0.570. The van der Waals surface area contributed by atoms with Crippen LogP contribution >= 0.6 is 15.9 Å². The minimum Gasteiger partial charge on any atom is -0.496 e. The molecular weight excluding hydrogens is 211 g/mol. The molecule has 0 fully saturated rings. The van der Waals surface area contributed by atoms with E-state index in [1.807, 2.05) is 6.92 Å². The van der Waals surface area contributed by atoms with E-state index >= 15 is 0 Å². The number of halogens is 2. The Morgan fingerprint density at radius 2 is 2.09 bits per heavy atom. The summed E-state index contributed by atoms with van der Waals surface area (Å²) in [5, 5.41) is 0. The summed E-state index contributed by atoms with van der Waals surface area (Å²) < 4.78 is 18.4. The van der Waals surface area contributed by atoms with E-state index in [4.69, 9.17) is 4.74 Å². The van der Waals surface area contributed by atoms with Crippen molar-refractivity contribution in [2.45, 2.75) is 6.92 Å². The van der Waals surface area contributed by atoms with E-state index in [2.05, 4.69) is 15.9 Å². The molecule has 1 nitrogen and oxygen atoms in total. The average Bonchev–Trinajstić information content (AvgIpc) is 1.96. The molecular formula is C8H8BrFO. The first-order valence-corrected chi connectivity index (χ1v) is 3.94. The van der Waals surface area contributed by atoms with Crippen molar-refractivity contribution in [1.29, 1.82) is 0 Å². The number of hydrogen-bond donors (Lipinski definition) is 0. The maximum atomic E-state index is 12.7. The highest BCUT2D eigenvalue weighted by Gasteiger charge is 2.04. The summed E-state index contributed by atoms with van der Waals surface area (Å²) in [6.45, 7) is 1.86. The largest absolute Gasteiger partial charge is 0.496 e. The van der Waals surface area contributed by atoms with Crippen molar-refractivity contribution in [2.75, 3.05) is 7.11 Å². The van der Waals surface area contributed by atoms with E-state index in [1.54, 1.807) is 0 Å². The van der Waals surface area contributed by atoms with Crippen LogP contribution in [0.2, 0.25) is 0 Å². The van der Waals surface area contributed by atoms with Gasteiger partial charge in [-0.3, -0.25) is 0 Å². The molecule has 0 N–H and O–H groups in total. The normalized spacial score (nSPS) is 9.82. The predicted octanol–water partition coefficient (Wildman–Crippen LogP) is 2.91. The number of ether oxygens (including phenoxy) is 1. The summed E-state index contributed by atoms with van der Waals surface area (Å²) in [4.78, 5) is 0. The Morgan fingerprint density at radius 1 is 1.45 bits per heavy atom. The fraction of sp³-hybridized carbons (Fsp3) is 0.250. The monoisotopic (exact) mass is 218 g/mol. The summed E-state index contributed by atoms with van der Waals surface area (Å²) in [5.41, 5.74) is 0.911. The number of methoxy groups -OCH3 is 1. The highest BCUT2D eigenvalue weighted by molar-refractivity contribution is 9.10. The van der Waals surface area contributed by atoms with Gasteiger partial charge in [-0.05, 0) is 13.0 Å². The first-order chi connectivity index (χ1) is 5.15. The Balaban J connectivity index is 3.24. The molecule has 0 aliphatic carbocycles. The van der Waals surface area contributed by atoms with Gasteiger partial charge in [-0.1, -0.05) is 15.9 Å². The van der Waals surface area contributed by atoms with Crippen LogP contribution in [0, 0.1) is 12.7 Å². The fourth-order valence-corrected chi connectivity index (χ4v) is 1.25. The van der Waals surface area contributed by atoms with Crippen LogP contribution in [0.1, 0.15) is 5.56 Å². The van der Waals surface area contributed by atoms with Gasteiger partial charge >= 0.3 is 0 Å². The van der Waals surface area contributed by atoms with E-state index in [9.17, 15) is 4.39 Å². The maximum Gasteiger partial charge on any atom is 0.128 e. The molecule has 0 aliphatic rings. The van der Waals surface area contributed by atoms with Crippen LogP contribution in [0.25, 0.3) is 0 Å². The fourth-order valence-electron chi connectivity index (χ4n) is 0.834. The third-order valence-electron chi connectivity index (χ3n) is 1.48. The van der Waals surface area contributed by atoms with Crippen molar-refractivity contribution in [3.05, 3.63) is 28.0 Å². The molecule has 3 heteroatoms. The minimum absolute atomic E-state index is 0.292. The predicted molar refractivity (Wildman–Crippen MR) is 45.4 cm³/mol. The lowest BCUT2D eigenvalue weighted by molar-refractivity contribution is 0.407. The average molecular weight is 219 g/mol. The lowest BCUT2D eigenvalue weighted by atomic mass is 10.2. The first kappa shape index (κ1) is 8.53. The lowest BCUT2D eigenvalue weighted by Gasteiger charge is -2.05. The van der Waals surface area contributed by atoms with Crippen LogP contribution in [-0.2, 0) is 0 Å². The molecule has 0 unspecified atom stereocenters. The van der Waals surface area contributed by atoms with Crippen molar-refractivity contribution in [3.8, 4) is 5.75 Å². The molecule has 0 atom stereocenters. The summed E-state index contributed by atoms with van der Waals surface area (Å²) in [6, 6.07) is 2.78. The minimum atomic E-state index is -0.292. The van der Waals surface area contributed by atoms with Gasteiger partial charge in [-0.25, -0.2) is 4.39 Å². The van der Waals surface area contributed by atoms with Crippen LogP contribution < -0.4 is 4.74 Å². The summed E-state index contributed by atoms with van der Waals surface area (Å²) in [5.74, 6) is 0.274. The van der Waals surface area contributed by atoms with Gasteiger partial charge in [0.15, 0.2) is 0 Å². The number of hydrogen-bond acceptors (Lipinski definition) is 1. The SMILES string of the molecule is COc1cc(F)cc(Br)c1C. The molecule has 1 rings (SSSR count). The van der Waals surface area contributed by atoms with Gasteiger partial charge in [0.2, 0.25) is 0 Å². The quantitative estimate of drug-likeness (QED) is 0.705. The van der Waals surface area contributed by atoms with Crippen molar-refractivity contribution in [3.63, 3.8) is 0 Å². The maximum absolute atomic E-state index is 12.7. The molecule has 0 saturated heterocycles. The summed E-state index contributed by atoms with van der Waals surface area (Å²) in [6.07, 6.45) is 0. The zero-order valence-electron chi connectivity index (χ0n) is 6.32. The third-order valence-corrected chi connectivity index (χ3v) is 2.31. The molecule has 0 aliphatic heterocycles. The topological polar surface area (TPSA) is 9.23 Å². The summed E-state index contributed by atoms with van der Waals surface area (Å²) >= 11 is 3.22. The molecule has 0 heterocycles. The van der Waals surface area contributed by atoms with Gasteiger partial charge < -0.3 is 4.74 Å². The number of rotatable bonds is 1. The van der Waals surface area contributed by atoms with Gasteiger partial charge in [0, 0.05) is 16.1 Å². The molecule has 11 heavy (non-hydrogen) atoms. The Morgan fingerprint density at radius 3 is 2.64 bits per heavy atom. The standard InChI is InChI=1S/C8H8BrFO/c1-5-7(9)3-6(10)4-8(5)11-2/h3-4H,1-2H3. The van der Waals surface area contributed by atoms with Crippen LogP contribution in [0.15, 0.2) is 16.6 Å². The lowest BCUT2D eigenvalue weighted by Crippen LogP contribution is -1.89. The zero-order chi connectivity index (χ0) is 8.43. The van der Waals surface area contributed by atoms with E-state index in [-0.39, 0.29) is 5.82 Å². The van der Waals surface area contributed by atoms with Gasteiger partial charge in [0.05, 0.1) is 7.11 Å². The van der Waals surface area contributed by atoms with E-state index < -0.39 is 0 Å². The number of benzene rings is 1. The van der Waals surface area contributed by atoms with Crippen molar-refractivity contribution in [1.82, 2.24) is 0 Å². The van der Waals surface area contributed by atoms with Gasteiger partial charge in [0.25, 0.3) is 0 Å². The van der Waals surface area contributed by atoms with E-state index in [0.29, 0.717) is 5.75 Å². The molecule has 1 aromatic carbocycles. The zero-order valence-corrected chi connectivity index (χ0v) is 7.90. The second kappa shape index (κ2) is 3.22. The smallest absolute Gasteiger partial charge is 0.128 e. The Labute approximate surface area is 73.3 Å². The van der Waals surface area contributed by atoms with Gasteiger partial charge in [-0.2, -0.15) is 0 Å². The van der Waals surface area contributed by atoms with Gasteiger partial charge in [0.1, 0.15) is 11.6 Å². The van der Waals surface area contributed by atoms with Crippen LogP contribution in [0.4, 0.5) is 4.39 Å². The third kappa shape index (κ3) is 1.71. The molecule has 0 amide bonds. The van der Waals surface area contributed by atoms with Crippen molar-refractivity contribution >= 4 is 15.9 Å².